The second kappa shape index (κ2) is 8.61. The molecule has 3 aromatic rings. The Morgan fingerprint density at radius 1 is 1.03 bits per heavy atom. The van der Waals surface area contributed by atoms with Gasteiger partial charge in [0.2, 0.25) is 10.0 Å². The summed E-state index contributed by atoms with van der Waals surface area (Å²) in [7, 11) is -3.66. The zero-order chi connectivity index (χ0) is 22.1. The van der Waals surface area contributed by atoms with Crippen molar-refractivity contribution in [2.75, 3.05) is 39.4 Å². The van der Waals surface area contributed by atoms with E-state index in [1.54, 1.807) is 23.1 Å². The van der Waals surface area contributed by atoms with Gasteiger partial charge in [-0.05, 0) is 43.2 Å². The Hall–Kier alpha value is -2.82. The van der Waals surface area contributed by atoms with Crippen molar-refractivity contribution >= 4 is 21.6 Å². The molecule has 0 unspecified atom stereocenters. The van der Waals surface area contributed by atoms with E-state index >= 15 is 0 Å². The summed E-state index contributed by atoms with van der Waals surface area (Å²) in [6, 6.07) is 12.1. The lowest BCUT2D eigenvalue weighted by Crippen LogP contribution is -2.41. The van der Waals surface area contributed by atoms with E-state index in [2.05, 4.69) is 10.2 Å². The highest BCUT2D eigenvalue weighted by Gasteiger charge is 2.30. The van der Waals surface area contributed by atoms with Crippen molar-refractivity contribution in [1.82, 2.24) is 23.8 Å². The van der Waals surface area contributed by atoms with E-state index in [0.717, 1.165) is 24.3 Å². The van der Waals surface area contributed by atoms with Crippen LogP contribution in [0.25, 0.3) is 5.65 Å². The van der Waals surface area contributed by atoms with Gasteiger partial charge in [0.15, 0.2) is 5.65 Å². The third-order valence-corrected chi connectivity index (χ3v) is 8.00. The van der Waals surface area contributed by atoms with Gasteiger partial charge in [0.25, 0.3) is 5.91 Å². The van der Waals surface area contributed by atoms with E-state index in [1.165, 1.54) is 10.4 Å². The number of carbonyl (C=O) groups is 1. The molecule has 0 radical (unpaired) electrons. The SMILES string of the molecule is O=C(c1cccc(S(=O)(=O)N2CCOCC2)c1)N1CCC[C@H](c2nnc3ccccn23)C1. The highest BCUT2D eigenvalue weighted by molar-refractivity contribution is 7.89. The average Bonchev–Trinajstić information content (AvgIpc) is 3.28. The molecule has 168 valence electrons. The zero-order valence-electron chi connectivity index (χ0n) is 17.6. The van der Waals surface area contributed by atoms with Gasteiger partial charge in [0.1, 0.15) is 5.82 Å². The summed E-state index contributed by atoms with van der Waals surface area (Å²) in [6.07, 6.45) is 3.71. The van der Waals surface area contributed by atoms with Crippen LogP contribution in [-0.4, -0.2) is 77.5 Å². The van der Waals surface area contributed by atoms with Gasteiger partial charge in [-0.25, -0.2) is 8.42 Å². The van der Waals surface area contributed by atoms with Crippen molar-refractivity contribution in [2.45, 2.75) is 23.7 Å². The van der Waals surface area contributed by atoms with E-state index in [9.17, 15) is 13.2 Å². The smallest absolute Gasteiger partial charge is 0.253 e. The molecule has 2 fully saturated rings. The second-order valence-corrected chi connectivity index (χ2v) is 10.1. The van der Waals surface area contributed by atoms with E-state index in [0.29, 0.717) is 45.0 Å². The Morgan fingerprint density at radius 3 is 2.72 bits per heavy atom. The first-order valence-corrected chi connectivity index (χ1v) is 12.2. The van der Waals surface area contributed by atoms with Crippen LogP contribution in [0.1, 0.15) is 34.9 Å². The number of hydrogen-bond donors (Lipinski definition) is 0. The third-order valence-electron chi connectivity index (χ3n) is 6.10. The molecule has 9 nitrogen and oxygen atoms in total. The van der Waals surface area contributed by atoms with Crippen LogP contribution in [0.3, 0.4) is 0 Å². The average molecular weight is 456 g/mol. The number of sulfonamides is 1. The van der Waals surface area contributed by atoms with Gasteiger partial charge in [-0.15, -0.1) is 10.2 Å². The molecular weight excluding hydrogens is 430 g/mol. The maximum absolute atomic E-state index is 13.3. The van der Waals surface area contributed by atoms with Gasteiger partial charge in [-0.2, -0.15) is 4.31 Å². The molecule has 4 heterocycles. The van der Waals surface area contributed by atoms with Gasteiger partial charge in [0, 0.05) is 43.9 Å². The molecular formula is C22H25N5O4S. The number of rotatable bonds is 4. The number of benzene rings is 1. The fourth-order valence-corrected chi connectivity index (χ4v) is 5.87. The molecule has 0 aliphatic carbocycles. The Labute approximate surface area is 186 Å². The molecule has 0 N–H and O–H groups in total. The van der Waals surface area contributed by atoms with Gasteiger partial charge in [-0.1, -0.05) is 12.1 Å². The van der Waals surface area contributed by atoms with Gasteiger partial charge < -0.3 is 9.64 Å². The minimum Gasteiger partial charge on any atom is -0.379 e. The Kier molecular flexibility index (Phi) is 5.66. The minimum atomic E-state index is -3.66. The minimum absolute atomic E-state index is 0.0744. The van der Waals surface area contributed by atoms with Crippen molar-refractivity contribution in [3.63, 3.8) is 0 Å². The topological polar surface area (TPSA) is 97.1 Å². The summed E-state index contributed by atoms with van der Waals surface area (Å²) in [5, 5.41) is 8.60. The lowest BCUT2D eigenvalue weighted by atomic mass is 9.96. The lowest BCUT2D eigenvalue weighted by molar-refractivity contribution is 0.0703. The monoisotopic (exact) mass is 455 g/mol. The number of likely N-dealkylation sites (tertiary alicyclic amines) is 1. The summed E-state index contributed by atoms with van der Waals surface area (Å²) in [4.78, 5) is 15.2. The number of nitrogens with zero attached hydrogens (tertiary/aromatic N) is 5. The number of fused-ring (bicyclic) bond motifs is 1. The number of carbonyl (C=O) groups excluding carboxylic acids is 1. The van der Waals surface area contributed by atoms with Crippen molar-refractivity contribution in [1.29, 1.82) is 0 Å². The van der Waals surface area contributed by atoms with E-state index in [1.807, 2.05) is 28.8 Å². The first-order chi connectivity index (χ1) is 15.5. The summed E-state index contributed by atoms with van der Waals surface area (Å²) in [5.41, 5.74) is 1.16. The van der Waals surface area contributed by atoms with Gasteiger partial charge in [0.05, 0.1) is 18.1 Å². The normalized spacial score (nSPS) is 20.5. The van der Waals surface area contributed by atoms with E-state index in [-0.39, 0.29) is 16.7 Å². The van der Waals surface area contributed by atoms with Crippen LogP contribution in [0.4, 0.5) is 0 Å². The van der Waals surface area contributed by atoms with Crippen LogP contribution < -0.4 is 0 Å². The maximum Gasteiger partial charge on any atom is 0.253 e. The number of aromatic nitrogens is 3. The number of morpholine rings is 1. The summed E-state index contributed by atoms with van der Waals surface area (Å²) in [5.74, 6) is 0.759. The first-order valence-electron chi connectivity index (χ1n) is 10.8. The number of amides is 1. The second-order valence-electron chi connectivity index (χ2n) is 8.12. The Bertz CT molecular complexity index is 1240. The molecule has 0 bridgehead atoms. The molecule has 1 amide bonds. The summed E-state index contributed by atoms with van der Waals surface area (Å²) in [6.45, 7) is 2.55. The highest BCUT2D eigenvalue weighted by atomic mass is 32.2. The fraction of sp³-hybridized carbons (Fsp3) is 0.409. The lowest BCUT2D eigenvalue weighted by Gasteiger charge is -2.32. The predicted octanol–water partition coefficient (Wildman–Crippen LogP) is 1.77. The molecule has 32 heavy (non-hydrogen) atoms. The van der Waals surface area contributed by atoms with Crippen molar-refractivity contribution in [3.8, 4) is 0 Å². The molecule has 2 saturated heterocycles. The Morgan fingerprint density at radius 2 is 1.88 bits per heavy atom. The van der Waals surface area contributed by atoms with Crippen LogP contribution >= 0.6 is 0 Å². The number of pyridine rings is 1. The molecule has 2 aliphatic rings. The number of ether oxygens (including phenoxy) is 1. The van der Waals surface area contributed by atoms with Gasteiger partial charge >= 0.3 is 0 Å². The molecule has 10 heteroatoms. The molecule has 2 aromatic heterocycles. The van der Waals surface area contributed by atoms with E-state index in [4.69, 9.17) is 4.74 Å². The van der Waals surface area contributed by atoms with Crippen LogP contribution in [-0.2, 0) is 14.8 Å². The summed E-state index contributed by atoms with van der Waals surface area (Å²) < 4.78 is 34.6. The molecule has 0 saturated carbocycles. The predicted molar refractivity (Wildman–Crippen MR) is 117 cm³/mol. The van der Waals surface area contributed by atoms with Crippen LogP contribution in [0.15, 0.2) is 53.6 Å². The van der Waals surface area contributed by atoms with Crippen LogP contribution in [0.2, 0.25) is 0 Å². The summed E-state index contributed by atoms with van der Waals surface area (Å²) >= 11 is 0. The van der Waals surface area contributed by atoms with Gasteiger partial charge in [-0.3, -0.25) is 9.20 Å². The van der Waals surface area contributed by atoms with Crippen molar-refractivity contribution in [2.24, 2.45) is 0 Å². The molecule has 5 rings (SSSR count). The number of hydrogen-bond acceptors (Lipinski definition) is 6. The molecule has 1 atom stereocenters. The quantitative estimate of drug-likeness (QED) is 0.595. The Balaban J connectivity index is 1.36. The fourth-order valence-electron chi connectivity index (χ4n) is 4.42. The highest BCUT2D eigenvalue weighted by Crippen LogP contribution is 2.27. The standard InChI is InChI=1S/C22H25N5O4S/c28-22(17-5-3-7-19(15-17)32(29,30)26-11-13-31-14-12-26)25-9-4-6-18(16-25)21-24-23-20-8-1-2-10-27(20)21/h1-3,5,7-8,10,15,18H,4,6,9,11-14,16H2/t18-/m0/s1. The van der Waals surface area contributed by atoms with Crippen molar-refractivity contribution < 1.29 is 17.9 Å². The number of piperidine rings is 1. The van der Waals surface area contributed by atoms with Crippen LogP contribution in [0.5, 0.6) is 0 Å². The maximum atomic E-state index is 13.3. The molecule has 2 aliphatic heterocycles. The zero-order valence-corrected chi connectivity index (χ0v) is 18.4. The van der Waals surface area contributed by atoms with Crippen LogP contribution in [0, 0.1) is 0 Å². The van der Waals surface area contributed by atoms with Crippen molar-refractivity contribution in [3.05, 3.63) is 60.0 Å². The molecule has 1 aromatic carbocycles. The third kappa shape index (κ3) is 3.89. The molecule has 0 spiro atoms. The van der Waals surface area contributed by atoms with E-state index < -0.39 is 10.0 Å². The largest absolute Gasteiger partial charge is 0.379 e. The first kappa shape index (κ1) is 21.0.